The van der Waals surface area contributed by atoms with Crippen LogP contribution in [0, 0.1) is 5.82 Å². The van der Waals surface area contributed by atoms with E-state index in [-0.39, 0.29) is 30.0 Å². The number of rotatable bonds is 6. The average molecular weight is 492 g/mol. The van der Waals surface area contributed by atoms with Gasteiger partial charge in [-0.2, -0.15) is 0 Å². The summed E-state index contributed by atoms with van der Waals surface area (Å²) in [6.07, 6.45) is 6.17. The fourth-order valence-electron chi connectivity index (χ4n) is 5.98. The fraction of sp³-hybridized carbons (Fsp3) is 0.692. The molecule has 2 atom stereocenters. The summed E-state index contributed by atoms with van der Waals surface area (Å²) in [6, 6.07) is 5.21. The summed E-state index contributed by atoms with van der Waals surface area (Å²) in [5.74, 6) is -0.281. The lowest BCUT2D eigenvalue weighted by Gasteiger charge is -2.43. The number of ether oxygens (including phenoxy) is 3. The van der Waals surface area contributed by atoms with Gasteiger partial charge in [-0.1, -0.05) is 12.8 Å². The molecule has 2 unspecified atom stereocenters. The predicted molar refractivity (Wildman–Crippen MR) is 130 cm³/mol. The molecule has 2 heterocycles. The summed E-state index contributed by atoms with van der Waals surface area (Å²) < 4.78 is 29.8. The van der Waals surface area contributed by atoms with Gasteiger partial charge in [-0.05, 0) is 75.9 Å². The second-order valence-corrected chi connectivity index (χ2v) is 9.91. The summed E-state index contributed by atoms with van der Waals surface area (Å²) in [7, 11) is 1.56. The van der Waals surface area contributed by atoms with E-state index < -0.39 is 6.09 Å². The van der Waals surface area contributed by atoms with Gasteiger partial charge in [0.15, 0.2) is 0 Å². The zero-order chi connectivity index (χ0) is 24.8. The Labute approximate surface area is 207 Å². The molecule has 1 saturated carbocycles. The van der Waals surface area contributed by atoms with Crippen molar-refractivity contribution in [2.45, 2.75) is 69.4 Å². The third-order valence-electron chi connectivity index (χ3n) is 7.78. The lowest BCUT2D eigenvalue weighted by atomic mass is 9.74. The molecule has 2 aliphatic heterocycles. The van der Waals surface area contributed by atoms with Crippen LogP contribution in [0.4, 0.5) is 19.7 Å². The number of carbonyl (C=O) groups is 2. The number of hydrogen-bond donors (Lipinski definition) is 1. The van der Waals surface area contributed by atoms with E-state index in [0.717, 1.165) is 69.3 Å². The molecule has 1 saturated heterocycles. The molecule has 4 rings (SSSR count). The average Bonchev–Trinajstić information content (AvgIpc) is 2.98. The maximum absolute atomic E-state index is 14.3. The molecule has 2 fully saturated rings. The first-order valence-corrected chi connectivity index (χ1v) is 12.9. The number of likely N-dealkylation sites (tertiary alicyclic amines) is 1. The Morgan fingerprint density at radius 3 is 2.66 bits per heavy atom. The molecule has 0 aromatic heterocycles. The standard InChI is InChI=1S/C26H38FN3O5/c1-3-34-24(31)28-20-6-4-5-7-21(17-20)29-12-10-26(11-13-29)18-30(25(32)35-15-14-33-2)23-9-8-19(27)16-22(23)26/h8-9,16,20-21H,3-7,10-15,17-18H2,1-2H3,(H,28,31). The molecule has 35 heavy (non-hydrogen) atoms. The van der Waals surface area contributed by atoms with Crippen LogP contribution in [-0.4, -0.2) is 75.7 Å². The Balaban J connectivity index is 1.43. The molecule has 2 amide bonds. The largest absolute Gasteiger partial charge is 0.450 e. The highest BCUT2D eigenvalue weighted by Gasteiger charge is 2.47. The maximum atomic E-state index is 14.3. The number of benzene rings is 1. The maximum Gasteiger partial charge on any atom is 0.414 e. The number of hydrogen-bond acceptors (Lipinski definition) is 6. The first-order chi connectivity index (χ1) is 17.0. The van der Waals surface area contributed by atoms with E-state index in [4.69, 9.17) is 14.2 Å². The van der Waals surface area contributed by atoms with Crippen molar-refractivity contribution in [1.29, 1.82) is 0 Å². The van der Waals surface area contributed by atoms with Gasteiger partial charge in [0.1, 0.15) is 12.4 Å². The number of methoxy groups -OCH3 is 1. The smallest absolute Gasteiger partial charge is 0.414 e. The van der Waals surface area contributed by atoms with Crippen molar-refractivity contribution in [3.8, 4) is 0 Å². The van der Waals surface area contributed by atoms with Crippen molar-refractivity contribution >= 4 is 17.9 Å². The fourth-order valence-corrected chi connectivity index (χ4v) is 5.98. The molecule has 0 bridgehead atoms. The van der Waals surface area contributed by atoms with Gasteiger partial charge in [-0.15, -0.1) is 0 Å². The molecular weight excluding hydrogens is 453 g/mol. The van der Waals surface area contributed by atoms with Crippen molar-refractivity contribution in [3.05, 3.63) is 29.6 Å². The molecule has 1 aromatic rings. The van der Waals surface area contributed by atoms with E-state index in [1.165, 1.54) is 6.07 Å². The normalized spacial score (nSPS) is 24.0. The van der Waals surface area contributed by atoms with E-state index in [0.29, 0.717) is 25.8 Å². The second kappa shape index (κ2) is 11.6. The zero-order valence-electron chi connectivity index (χ0n) is 20.9. The van der Waals surface area contributed by atoms with Crippen molar-refractivity contribution in [3.63, 3.8) is 0 Å². The van der Waals surface area contributed by atoms with Gasteiger partial charge in [0.2, 0.25) is 0 Å². The highest BCUT2D eigenvalue weighted by Crippen LogP contribution is 2.48. The number of piperidine rings is 1. The highest BCUT2D eigenvalue weighted by atomic mass is 19.1. The SMILES string of the molecule is CCOC(=O)NC1CCCCC(N2CCC3(CC2)CN(C(=O)OCCOC)c2ccc(F)cc23)C1. The number of halogens is 1. The lowest BCUT2D eigenvalue weighted by molar-refractivity contribution is 0.0951. The molecule has 3 aliphatic rings. The first-order valence-electron chi connectivity index (χ1n) is 12.9. The van der Waals surface area contributed by atoms with Gasteiger partial charge in [0, 0.05) is 31.2 Å². The van der Waals surface area contributed by atoms with Crippen LogP contribution in [0.15, 0.2) is 18.2 Å². The Morgan fingerprint density at radius 1 is 1.14 bits per heavy atom. The third-order valence-corrected chi connectivity index (χ3v) is 7.78. The monoisotopic (exact) mass is 491 g/mol. The number of nitrogens with zero attached hydrogens (tertiary/aromatic N) is 2. The first kappa shape index (κ1) is 25.7. The quantitative estimate of drug-likeness (QED) is 0.474. The number of amides is 2. The van der Waals surface area contributed by atoms with E-state index in [1.807, 2.05) is 6.92 Å². The summed E-state index contributed by atoms with van der Waals surface area (Å²) in [5, 5.41) is 3.04. The van der Waals surface area contributed by atoms with Crippen LogP contribution in [0.3, 0.4) is 0 Å². The van der Waals surface area contributed by atoms with Gasteiger partial charge >= 0.3 is 12.2 Å². The minimum Gasteiger partial charge on any atom is -0.450 e. The van der Waals surface area contributed by atoms with Gasteiger partial charge in [0.05, 0.1) is 18.9 Å². The number of carbonyl (C=O) groups excluding carboxylic acids is 2. The van der Waals surface area contributed by atoms with Crippen LogP contribution in [0.1, 0.15) is 57.4 Å². The molecule has 1 spiro atoms. The van der Waals surface area contributed by atoms with Crippen molar-refractivity contribution in [2.75, 3.05) is 51.5 Å². The van der Waals surface area contributed by atoms with Crippen molar-refractivity contribution in [2.24, 2.45) is 0 Å². The minimum absolute atomic E-state index is 0.121. The number of alkyl carbamates (subject to hydrolysis) is 1. The number of anilines is 1. The lowest BCUT2D eigenvalue weighted by Crippen LogP contribution is -2.50. The van der Waals surface area contributed by atoms with Crippen LogP contribution >= 0.6 is 0 Å². The van der Waals surface area contributed by atoms with E-state index in [1.54, 1.807) is 24.1 Å². The predicted octanol–water partition coefficient (Wildman–Crippen LogP) is 4.21. The van der Waals surface area contributed by atoms with Gasteiger partial charge in [-0.3, -0.25) is 4.90 Å². The van der Waals surface area contributed by atoms with Gasteiger partial charge < -0.3 is 24.4 Å². The van der Waals surface area contributed by atoms with Crippen LogP contribution in [0.2, 0.25) is 0 Å². The summed E-state index contributed by atoms with van der Waals surface area (Å²) in [4.78, 5) is 29.0. The molecule has 9 heteroatoms. The Bertz CT molecular complexity index is 890. The summed E-state index contributed by atoms with van der Waals surface area (Å²) in [5.41, 5.74) is 1.38. The second-order valence-electron chi connectivity index (χ2n) is 9.91. The van der Waals surface area contributed by atoms with Gasteiger partial charge in [0.25, 0.3) is 0 Å². The van der Waals surface area contributed by atoms with Crippen LogP contribution in [-0.2, 0) is 19.6 Å². The molecule has 1 aromatic carbocycles. The van der Waals surface area contributed by atoms with Crippen molar-refractivity contribution in [1.82, 2.24) is 10.2 Å². The zero-order valence-corrected chi connectivity index (χ0v) is 20.9. The molecule has 194 valence electrons. The van der Waals surface area contributed by atoms with Crippen LogP contribution in [0.5, 0.6) is 0 Å². The van der Waals surface area contributed by atoms with Crippen LogP contribution in [0.25, 0.3) is 0 Å². The summed E-state index contributed by atoms with van der Waals surface area (Å²) >= 11 is 0. The Hall–Kier alpha value is -2.39. The van der Waals surface area contributed by atoms with Gasteiger partial charge in [-0.25, -0.2) is 14.0 Å². The molecule has 0 radical (unpaired) electrons. The molecule has 8 nitrogen and oxygen atoms in total. The highest BCUT2D eigenvalue weighted by molar-refractivity contribution is 5.91. The van der Waals surface area contributed by atoms with Crippen LogP contribution < -0.4 is 10.2 Å². The number of fused-ring (bicyclic) bond motifs is 2. The minimum atomic E-state index is -0.411. The number of nitrogens with one attached hydrogen (secondary N) is 1. The topological polar surface area (TPSA) is 80.3 Å². The Morgan fingerprint density at radius 2 is 1.91 bits per heavy atom. The van der Waals surface area contributed by atoms with E-state index >= 15 is 0 Å². The van der Waals surface area contributed by atoms with E-state index in [2.05, 4.69) is 10.2 Å². The molecular formula is C26H38FN3O5. The summed E-state index contributed by atoms with van der Waals surface area (Å²) in [6.45, 7) is 4.96. The third kappa shape index (κ3) is 5.89. The molecule has 1 aliphatic carbocycles. The van der Waals surface area contributed by atoms with E-state index in [9.17, 15) is 14.0 Å². The van der Waals surface area contributed by atoms with Crippen molar-refractivity contribution < 1.29 is 28.2 Å². The Kier molecular flexibility index (Phi) is 8.49. The molecule has 1 N–H and O–H groups in total.